The normalized spacial score (nSPS) is 24.7. The molecule has 0 atom stereocenters. The lowest BCUT2D eigenvalue weighted by Crippen LogP contribution is -2.55. The summed E-state index contributed by atoms with van der Waals surface area (Å²) < 4.78 is 0. The summed E-state index contributed by atoms with van der Waals surface area (Å²) in [5.74, 6) is 3.46. The van der Waals surface area contributed by atoms with Gasteiger partial charge >= 0.3 is 0 Å². The molecule has 1 spiro atoms. The van der Waals surface area contributed by atoms with Gasteiger partial charge in [-0.2, -0.15) is 0 Å². The second-order valence-corrected chi connectivity index (χ2v) is 14.6. The van der Waals surface area contributed by atoms with Gasteiger partial charge in [0, 0.05) is 22.5 Å². The SMILES string of the molecule is c1ccc(-c2ccc(N(c3ccc(-c4ccccc4)cc3)c3ccc4c(c3)-c3ccccc3C43C4CC5CC(C4)CC3C5)cc2)cc1. The molecular formula is C46H39N. The highest BCUT2D eigenvalue weighted by Crippen LogP contribution is 2.69. The van der Waals surface area contributed by atoms with Crippen LogP contribution >= 0.6 is 0 Å². The van der Waals surface area contributed by atoms with Crippen LogP contribution in [0.4, 0.5) is 17.1 Å². The Hall–Kier alpha value is -4.88. The van der Waals surface area contributed by atoms with Crippen molar-refractivity contribution in [3.63, 3.8) is 0 Å². The first-order valence-electron chi connectivity index (χ1n) is 17.6. The molecule has 4 fully saturated rings. The van der Waals surface area contributed by atoms with Crippen LogP contribution in [0.5, 0.6) is 0 Å². The molecule has 0 amide bonds. The number of rotatable bonds is 5. The first-order valence-corrected chi connectivity index (χ1v) is 17.6. The van der Waals surface area contributed by atoms with Crippen molar-refractivity contribution in [3.05, 3.63) is 163 Å². The molecule has 11 rings (SSSR count). The third-order valence-electron chi connectivity index (χ3n) is 12.3. The van der Waals surface area contributed by atoms with E-state index in [-0.39, 0.29) is 5.41 Å². The van der Waals surface area contributed by atoms with Gasteiger partial charge < -0.3 is 4.90 Å². The predicted molar refractivity (Wildman–Crippen MR) is 195 cm³/mol. The van der Waals surface area contributed by atoms with Gasteiger partial charge in [-0.1, -0.05) is 115 Å². The van der Waals surface area contributed by atoms with Gasteiger partial charge in [0.25, 0.3) is 0 Å². The van der Waals surface area contributed by atoms with Crippen LogP contribution in [0.15, 0.2) is 152 Å². The van der Waals surface area contributed by atoms with Gasteiger partial charge in [-0.25, -0.2) is 0 Å². The van der Waals surface area contributed by atoms with Crippen LogP contribution in [0.3, 0.4) is 0 Å². The van der Waals surface area contributed by atoms with E-state index in [1.807, 2.05) is 0 Å². The highest BCUT2D eigenvalue weighted by Gasteiger charge is 2.61. The van der Waals surface area contributed by atoms with Crippen molar-refractivity contribution >= 4 is 17.1 Å². The Labute approximate surface area is 278 Å². The summed E-state index contributed by atoms with van der Waals surface area (Å²) >= 11 is 0. The van der Waals surface area contributed by atoms with Crippen LogP contribution in [0.25, 0.3) is 33.4 Å². The van der Waals surface area contributed by atoms with Crippen LogP contribution in [-0.2, 0) is 5.41 Å². The molecule has 47 heavy (non-hydrogen) atoms. The average molecular weight is 606 g/mol. The molecule has 228 valence electrons. The number of hydrogen-bond donors (Lipinski definition) is 0. The fourth-order valence-electron chi connectivity index (χ4n) is 10.6. The van der Waals surface area contributed by atoms with Crippen molar-refractivity contribution in [2.75, 3.05) is 4.90 Å². The predicted octanol–water partition coefficient (Wildman–Crippen LogP) is 12.2. The maximum absolute atomic E-state index is 2.54. The quantitative estimate of drug-likeness (QED) is 0.189. The Bertz CT molecular complexity index is 1960. The van der Waals surface area contributed by atoms with Gasteiger partial charge in [-0.3, -0.25) is 0 Å². The average Bonchev–Trinajstić information content (AvgIpc) is 3.42. The number of nitrogens with zero attached hydrogens (tertiary/aromatic N) is 1. The molecule has 0 N–H and O–H groups in total. The van der Waals surface area contributed by atoms with Crippen LogP contribution in [0, 0.1) is 23.7 Å². The molecule has 0 radical (unpaired) electrons. The van der Waals surface area contributed by atoms with E-state index in [2.05, 4.69) is 157 Å². The summed E-state index contributed by atoms with van der Waals surface area (Å²) in [7, 11) is 0. The lowest BCUT2D eigenvalue weighted by molar-refractivity contribution is -0.0399. The van der Waals surface area contributed by atoms with Crippen molar-refractivity contribution in [2.45, 2.75) is 37.5 Å². The lowest BCUT2D eigenvalue weighted by atomic mass is 9.43. The Kier molecular flexibility index (Phi) is 6.13. The summed E-state index contributed by atoms with van der Waals surface area (Å²) in [6.45, 7) is 0. The van der Waals surface area contributed by atoms with Crippen molar-refractivity contribution in [1.82, 2.24) is 0 Å². The van der Waals surface area contributed by atoms with Crippen LogP contribution in [0.1, 0.15) is 43.2 Å². The highest BCUT2D eigenvalue weighted by molar-refractivity contribution is 5.88. The molecular weight excluding hydrogens is 567 g/mol. The molecule has 5 aliphatic carbocycles. The summed E-state index contributed by atoms with van der Waals surface area (Å²) in [6, 6.07) is 56.5. The zero-order chi connectivity index (χ0) is 31.0. The largest absolute Gasteiger partial charge is 0.310 e. The summed E-state index contributed by atoms with van der Waals surface area (Å²) in [5, 5.41) is 0. The molecule has 0 aromatic heterocycles. The van der Waals surface area contributed by atoms with Crippen LogP contribution in [-0.4, -0.2) is 0 Å². The molecule has 4 bridgehead atoms. The lowest BCUT2D eigenvalue weighted by Gasteiger charge is -2.61. The van der Waals surface area contributed by atoms with E-state index in [4.69, 9.17) is 0 Å². The van der Waals surface area contributed by atoms with E-state index in [1.165, 1.54) is 82.5 Å². The van der Waals surface area contributed by atoms with Crippen LogP contribution in [0.2, 0.25) is 0 Å². The van der Waals surface area contributed by atoms with Crippen molar-refractivity contribution in [2.24, 2.45) is 23.7 Å². The van der Waals surface area contributed by atoms with Gasteiger partial charge in [0.05, 0.1) is 0 Å². The van der Waals surface area contributed by atoms with Crippen molar-refractivity contribution < 1.29 is 0 Å². The summed E-state index contributed by atoms with van der Waals surface area (Å²) in [4.78, 5) is 2.45. The highest BCUT2D eigenvalue weighted by atomic mass is 15.1. The molecule has 6 aromatic rings. The van der Waals surface area contributed by atoms with Crippen LogP contribution < -0.4 is 4.90 Å². The monoisotopic (exact) mass is 605 g/mol. The van der Waals surface area contributed by atoms with E-state index in [0.717, 1.165) is 23.7 Å². The molecule has 0 aliphatic heterocycles. The Morgan fingerprint density at radius 1 is 0.383 bits per heavy atom. The molecule has 1 heteroatoms. The fraction of sp³-hybridized carbons (Fsp3) is 0.217. The Morgan fingerprint density at radius 2 is 0.830 bits per heavy atom. The van der Waals surface area contributed by atoms with Gasteiger partial charge in [-0.05, 0) is 137 Å². The number of benzene rings is 6. The van der Waals surface area contributed by atoms with Gasteiger partial charge in [0.2, 0.25) is 0 Å². The van der Waals surface area contributed by atoms with E-state index in [9.17, 15) is 0 Å². The van der Waals surface area contributed by atoms with E-state index >= 15 is 0 Å². The van der Waals surface area contributed by atoms with Gasteiger partial charge in [-0.15, -0.1) is 0 Å². The van der Waals surface area contributed by atoms with Crippen molar-refractivity contribution in [3.8, 4) is 33.4 Å². The molecule has 4 saturated carbocycles. The zero-order valence-electron chi connectivity index (χ0n) is 26.7. The smallest absolute Gasteiger partial charge is 0.0468 e. The maximum atomic E-state index is 2.54. The van der Waals surface area contributed by atoms with Gasteiger partial charge in [0.15, 0.2) is 0 Å². The second kappa shape index (κ2) is 10.6. The third-order valence-corrected chi connectivity index (χ3v) is 12.3. The number of anilines is 3. The molecule has 0 heterocycles. The molecule has 1 nitrogen and oxygen atoms in total. The molecule has 5 aliphatic rings. The fourth-order valence-corrected chi connectivity index (χ4v) is 10.6. The summed E-state index contributed by atoms with van der Waals surface area (Å²) in [5.41, 5.74) is 14.9. The van der Waals surface area contributed by atoms with Gasteiger partial charge in [0.1, 0.15) is 0 Å². The minimum atomic E-state index is 0.192. The van der Waals surface area contributed by atoms with E-state index < -0.39 is 0 Å². The number of fused-ring (bicyclic) bond motifs is 3. The topological polar surface area (TPSA) is 3.24 Å². The Balaban J connectivity index is 1.11. The number of hydrogen-bond acceptors (Lipinski definition) is 1. The third kappa shape index (κ3) is 4.15. The van der Waals surface area contributed by atoms with E-state index in [0.29, 0.717) is 0 Å². The summed E-state index contributed by atoms with van der Waals surface area (Å²) in [6.07, 6.45) is 7.14. The maximum Gasteiger partial charge on any atom is 0.0468 e. The minimum Gasteiger partial charge on any atom is -0.310 e. The Morgan fingerprint density at radius 3 is 1.38 bits per heavy atom. The molecule has 6 aromatic carbocycles. The molecule has 0 saturated heterocycles. The second-order valence-electron chi connectivity index (χ2n) is 14.6. The van der Waals surface area contributed by atoms with E-state index in [1.54, 1.807) is 11.1 Å². The first-order chi connectivity index (χ1) is 23.3. The zero-order valence-corrected chi connectivity index (χ0v) is 26.7. The first kappa shape index (κ1) is 27.3. The van der Waals surface area contributed by atoms with Crippen molar-refractivity contribution in [1.29, 1.82) is 0 Å². The molecule has 0 unspecified atom stereocenters. The minimum absolute atomic E-state index is 0.192. The standard InChI is InChI=1S/C46H39N/c1-3-9-33(10-4-1)35-15-19-39(20-16-35)47(40-21-17-36(18-22-40)34-11-5-2-6-12-34)41-23-24-45-43(30-41)42-13-7-8-14-44(42)46(45)37-26-31-25-32(28-37)29-38(46)27-31/h1-24,30-32,37-38H,25-29H2.